The Labute approximate surface area is 150 Å². The van der Waals surface area contributed by atoms with Crippen LogP contribution in [0.25, 0.3) is 11.6 Å². The van der Waals surface area contributed by atoms with Crippen molar-refractivity contribution in [2.75, 3.05) is 5.32 Å². The molecule has 6 nitrogen and oxygen atoms in total. The number of carbonyl (C=O) groups excluding carboxylic acids is 1. The van der Waals surface area contributed by atoms with E-state index in [0.29, 0.717) is 5.57 Å². The Morgan fingerprint density at radius 2 is 1.65 bits per heavy atom. The van der Waals surface area contributed by atoms with Gasteiger partial charge in [0.05, 0.1) is 11.9 Å². The highest BCUT2D eigenvalue weighted by Crippen LogP contribution is 2.22. The predicted molar refractivity (Wildman–Crippen MR) is 99.6 cm³/mol. The van der Waals surface area contributed by atoms with Crippen molar-refractivity contribution in [1.82, 2.24) is 9.78 Å². The van der Waals surface area contributed by atoms with Gasteiger partial charge in [-0.3, -0.25) is 9.48 Å². The molecule has 3 aromatic rings. The summed E-state index contributed by atoms with van der Waals surface area (Å²) in [7, 11) is 1.51. The number of aromatic nitrogens is 2. The predicted octanol–water partition coefficient (Wildman–Crippen LogP) is 3.30. The van der Waals surface area contributed by atoms with Crippen molar-refractivity contribution in [3.8, 4) is 0 Å². The number of nitrogens with zero attached hydrogens (tertiary/aromatic N) is 2. The average Bonchev–Trinajstić information content (AvgIpc) is 3.01. The number of amides is 1. The van der Waals surface area contributed by atoms with Crippen molar-refractivity contribution in [2.24, 2.45) is 7.05 Å². The summed E-state index contributed by atoms with van der Waals surface area (Å²) < 4.78 is 1.21. The molecule has 1 heterocycles. The molecule has 0 bridgehead atoms. The molecule has 0 radical (unpaired) electrons. The highest BCUT2D eigenvalue weighted by Gasteiger charge is 2.20. The molecule has 0 saturated carbocycles. The lowest BCUT2D eigenvalue weighted by Crippen LogP contribution is -2.16. The molecule has 0 aliphatic rings. The van der Waals surface area contributed by atoms with Crippen molar-refractivity contribution in [3.05, 3.63) is 83.7 Å². The summed E-state index contributed by atoms with van der Waals surface area (Å²) in [6.07, 6.45) is 3.09. The number of nitrogens with one attached hydrogen (secondary N) is 1. The van der Waals surface area contributed by atoms with Crippen molar-refractivity contribution < 1.29 is 14.7 Å². The topological polar surface area (TPSA) is 84.2 Å². The number of hydrogen-bond donors (Lipinski definition) is 2. The van der Waals surface area contributed by atoms with Crippen LogP contribution in [0.4, 0.5) is 5.69 Å². The number of carbonyl (C=O) groups is 2. The van der Waals surface area contributed by atoms with Gasteiger partial charge < -0.3 is 10.4 Å². The monoisotopic (exact) mass is 347 g/mol. The molecule has 130 valence electrons. The fraction of sp³-hybridized carbons (Fsp3) is 0.0500. The van der Waals surface area contributed by atoms with Crippen LogP contribution in [0.2, 0.25) is 0 Å². The van der Waals surface area contributed by atoms with Crippen molar-refractivity contribution in [1.29, 1.82) is 0 Å². The SMILES string of the molecule is Cn1ncc(NC(=O)/C(=C\c2ccccc2)c2ccccc2)c1C(=O)O. The lowest BCUT2D eigenvalue weighted by atomic mass is 10.0. The smallest absolute Gasteiger partial charge is 0.356 e. The Balaban J connectivity index is 1.99. The fourth-order valence-electron chi connectivity index (χ4n) is 2.59. The Morgan fingerprint density at radius 3 is 2.27 bits per heavy atom. The van der Waals surface area contributed by atoms with Gasteiger partial charge in [0, 0.05) is 12.6 Å². The Morgan fingerprint density at radius 1 is 1.04 bits per heavy atom. The number of aromatic carboxylic acids is 1. The molecule has 0 aliphatic heterocycles. The molecule has 1 aromatic heterocycles. The second kappa shape index (κ2) is 7.48. The van der Waals surface area contributed by atoms with Gasteiger partial charge >= 0.3 is 5.97 Å². The van der Waals surface area contributed by atoms with Gasteiger partial charge in [-0.2, -0.15) is 5.10 Å². The Hall–Kier alpha value is -3.67. The van der Waals surface area contributed by atoms with Gasteiger partial charge in [-0.05, 0) is 17.2 Å². The highest BCUT2D eigenvalue weighted by atomic mass is 16.4. The number of aryl methyl sites for hydroxylation is 1. The Bertz CT molecular complexity index is 960. The maximum Gasteiger partial charge on any atom is 0.356 e. The minimum absolute atomic E-state index is 0.0783. The molecule has 3 rings (SSSR count). The Kier molecular flexibility index (Phi) is 4.94. The first-order valence-electron chi connectivity index (χ1n) is 7.95. The largest absolute Gasteiger partial charge is 0.476 e. The normalized spacial score (nSPS) is 11.2. The summed E-state index contributed by atoms with van der Waals surface area (Å²) >= 11 is 0. The summed E-state index contributed by atoms with van der Waals surface area (Å²) in [5, 5.41) is 15.9. The van der Waals surface area contributed by atoms with Gasteiger partial charge in [-0.25, -0.2) is 4.79 Å². The molecule has 0 unspecified atom stereocenters. The number of carboxylic acids is 1. The average molecular weight is 347 g/mol. The van der Waals surface area contributed by atoms with E-state index in [1.165, 1.54) is 17.9 Å². The van der Waals surface area contributed by atoms with E-state index in [4.69, 9.17) is 0 Å². The quantitative estimate of drug-likeness (QED) is 0.548. The number of rotatable bonds is 5. The maximum absolute atomic E-state index is 12.9. The first kappa shape index (κ1) is 17.2. The summed E-state index contributed by atoms with van der Waals surface area (Å²) in [5.41, 5.74) is 2.10. The van der Waals surface area contributed by atoms with Crippen LogP contribution in [0.15, 0.2) is 66.9 Å². The highest BCUT2D eigenvalue weighted by molar-refractivity contribution is 6.29. The summed E-state index contributed by atoms with van der Waals surface area (Å²) in [5.74, 6) is -1.57. The van der Waals surface area contributed by atoms with E-state index >= 15 is 0 Å². The molecule has 0 saturated heterocycles. The van der Waals surface area contributed by atoms with E-state index < -0.39 is 11.9 Å². The molecular weight excluding hydrogens is 330 g/mol. The lowest BCUT2D eigenvalue weighted by molar-refractivity contribution is -0.111. The first-order chi connectivity index (χ1) is 12.6. The summed E-state index contributed by atoms with van der Waals surface area (Å²) in [6, 6.07) is 18.7. The third-order valence-corrected chi connectivity index (χ3v) is 3.83. The van der Waals surface area contributed by atoms with Crippen LogP contribution in [-0.4, -0.2) is 26.8 Å². The standard InChI is InChI=1S/C20H17N3O3/c1-23-18(20(25)26)17(13-21-23)22-19(24)16(15-10-6-3-7-11-15)12-14-8-4-2-5-9-14/h2-13H,1H3,(H,22,24)(H,25,26)/b16-12-. The molecule has 2 N–H and O–H groups in total. The zero-order chi connectivity index (χ0) is 18.5. The van der Waals surface area contributed by atoms with E-state index in [9.17, 15) is 14.7 Å². The molecule has 0 spiro atoms. The van der Waals surface area contributed by atoms with Crippen LogP contribution in [0.5, 0.6) is 0 Å². The second-order valence-electron chi connectivity index (χ2n) is 5.62. The molecule has 6 heteroatoms. The van der Waals surface area contributed by atoms with Crippen LogP contribution >= 0.6 is 0 Å². The summed E-state index contributed by atoms with van der Waals surface area (Å²) in [4.78, 5) is 24.3. The minimum atomic E-state index is -1.16. The van der Waals surface area contributed by atoms with Crippen LogP contribution < -0.4 is 5.32 Å². The minimum Gasteiger partial charge on any atom is -0.476 e. The molecular formula is C20H17N3O3. The molecule has 0 aliphatic carbocycles. The van der Waals surface area contributed by atoms with Crippen LogP contribution in [0.3, 0.4) is 0 Å². The van der Waals surface area contributed by atoms with E-state index in [1.807, 2.05) is 60.7 Å². The molecule has 1 amide bonds. The number of carboxylic acid groups (broad SMARTS) is 1. The van der Waals surface area contributed by atoms with E-state index in [0.717, 1.165) is 11.1 Å². The fourth-order valence-corrected chi connectivity index (χ4v) is 2.59. The molecule has 0 atom stereocenters. The van der Waals surface area contributed by atoms with Gasteiger partial charge in [0.15, 0.2) is 5.69 Å². The van der Waals surface area contributed by atoms with Crippen LogP contribution in [-0.2, 0) is 11.8 Å². The number of hydrogen-bond acceptors (Lipinski definition) is 3. The molecule has 26 heavy (non-hydrogen) atoms. The van der Waals surface area contributed by atoms with Crippen molar-refractivity contribution >= 4 is 29.2 Å². The lowest BCUT2D eigenvalue weighted by Gasteiger charge is -2.09. The van der Waals surface area contributed by atoms with Gasteiger partial charge in [0.25, 0.3) is 5.91 Å². The molecule has 0 fully saturated rings. The van der Waals surface area contributed by atoms with Crippen LogP contribution in [0, 0.1) is 0 Å². The zero-order valence-electron chi connectivity index (χ0n) is 14.1. The number of anilines is 1. The van der Waals surface area contributed by atoms with Gasteiger partial charge in [-0.1, -0.05) is 60.7 Å². The first-order valence-corrected chi connectivity index (χ1v) is 7.95. The zero-order valence-corrected chi connectivity index (χ0v) is 14.1. The van der Waals surface area contributed by atoms with Crippen molar-refractivity contribution in [2.45, 2.75) is 0 Å². The van der Waals surface area contributed by atoms with Crippen molar-refractivity contribution in [3.63, 3.8) is 0 Å². The maximum atomic E-state index is 12.9. The van der Waals surface area contributed by atoms with E-state index in [1.54, 1.807) is 6.08 Å². The second-order valence-corrected chi connectivity index (χ2v) is 5.62. The third kappa shape index (κ3) is 3.70. The van der Waals surface area contributed by atoms with Gasteiger partial charge in [0.1, 0.15) is 0 Å². The summed E-state index contributed by atoms with van der Waals surface area (Å²) in [6.45, 7) is 0. The molecule has 2 aromatic carbocycles. The van der Waals surface area contributed by atoms with E-state index in [2.05, 4.69) is 10.4 Å². The third-order valence-electron chi connectivity index (χ3n) is 3.83. The van der Waals surface area contributed by atoms with Gasteiger partial charge in [-0.15, -0.1) is 0 Å². The van der Waals surface area contributed by atoms with Gasteiger partial charge in [0.2, 0.25) is 0 Å². The van der Waals surface area contributed by atoms with Crippen LogP contribution in [0.1, 0.15) is 21.6 Å². The van der Waals surface area contributed by atoms with E-state index in [-0.39, 0.29) is 11.4 Å². The number of benzene rings is 2.